The normalized spacial score (nSPS) is 26.4. The molecule has 0 radical (unpaired) electrons. The molecule has 0 spiro atoms. The van der Waals surface area contributed by atoms with Gasteiger partial charge in [0.2, 0.25) is 0 Å². The molecule has 104 valence electrons. The van der Waals surface area contributed by atoms with Crippen LogP contribution in [-0.2, 0) is 9.84 Å². The minimum absolute atomic E-state index is 0.0724. The average Bonchev–Trinajstić information content (AvgIpc) is 3.10. The second-order valence-electron chi connectivity index (χ2n) is 5.34. The average molecular weight is 302 g/mol. The molecule has 1 unspecified atom stereocenters. The molecular weight excluding hydrogens is 286 g/mol. The first-order chi connectivity index (χ1) is 8.94. The third kappa shape index (κ3) is 2.84. The van der Waals surface area contributed by atoms with E-state index in [1.165, 1.54) is 0 Å². The number of sulfone groups is 1. The van der Waals surface area contributed by atoms with Crippen LogP contribution >= 0.6 is 11.6 Å². The summed E-state index contributed by atoms with van der Waals surface area (Å²) in [6.07, 6.45) is 2.23. The van der Waals surface area contributed by atoms with Gasteiger partial charge in [-0.15, -0.1) is 0 Å². The molecule has 19 heavy (non-hydrogen) atoms. The molecule has 1 aromatic rings. The molecule has 1 aromatic heterocycles. The molecule has 1 atom stereocenters. The van der Waals surface area contributed by atoms with Crippen LogP contribution < -0.4 is 4.90 Å². The maximum atomic E-state index is 11.6. The summed E-state index contributed by atoms with van der Waals surface area (Å²) in [5, 5.41) is 0.438. The van der Waals surface area contributed by atoms with Gasteiger partial charge >= 0.3 is 0 Å². The van der Waals surface area contributed by atoms with Crippen molar-refractivity contribution in [3.8, 4) is 0 Å². The standard InChI is InChI=1S/C12H16ClN3O2S/c1-8-7-19(17,18)5-4-16(8)11-6-10(13)14-12(15-11)9-2-3-9/h6,8-9H,2-5,7H2,1H3. The molecule has 1 saturated carbocycles. The third-order valence-corrected chi connectivity index (χ3v) is 5.59. The molecule has 1 aliphatic carbocycles. The summed E-state index contributed by atoms with van der Waals surface area (Å²) in [5.41, 5.74) is 0. The first-order valence-corrected chi connectivity index (χ1v) is 8.66. The number of halogens is 1. The van der Waals surface area contributed by atoms with E-state index in [0.717, 1.165) is 24.5 Å². The topological polar surface area (TPSA) is 63.2 Å². The van der Waals surface area contributed by atoms with E-state index in [0.29, 0.717) is 17.6 Å². The van der Waals surface area contributed by atoms with Gasteiger partial charge in [0.25, 0.3) is 0 Å². The van der Waals surface area contributed by atoms with E-state index in [1.807, 2.05) is 11.8 Å². The van der Waals surface area contributed by atoms with E-state index in [4.69, 9.17) is 11.6 Å². The zero-order valence-corrected chi connectivity index (χ0v) is 12.3. The lowest BCUT2D eigenvalue weighted by Gasteiger charge is -2.34. The van der Waals surface area contributed by atoms with E-state index in [1.54, 1.807) is 6.07 Å². The Hall–Kier alpha value is -0.880. The molecule has 0 amide bonds. The Morgan fingerprint density at radius 1 is 1.37 bits per heavy atom. The molecule has 0 aromatic carbocycles. The van der Waals surface area contributed by atoms with Gasteiger partial charge in [-0.05, 0) is 19.8 Å². The van der Waals surface area contributed by atoms with E-state index in [2.05, 4.69) is 9.97 Å². The Balaban J connectivity index is 1.89. The van der Waals surface area contributed by atoms with Gasteiger partial charge in [0.1, 0.15) is 16.8 Å². The highest BCUT2D eigenvalue weighted by Crippen LogP contribution is 2.39. The highest BCUT2D eigenvalue weighted by atomic mass is 35.5. The number of hydrogen-bond donors (Lipinski definition) is 0. The fraction of sp³-hybridized carbons (Fsp3) is 0.667. The SMILES string of the molecule is CC1CS(=O)(=O)CCN1c1cc(Cl)nc(C2CC2)n1. The Bertz CT molecular complexity index is 601. The van der Waals surface area contributed by atoms with Crippen molar-refractivity contribution < 1.29 is 8.42 Å². The van der Waals surface area contributed by atoms with Gasteiger partial charge in [-0.25, -0.2) is 18.4 Å². The van der Waals surface area contributed by atoms with E-state index in [9.17, 15) is 8.42 Å². The Morgan fingerprint density at radius 3 is 2.74 bits per heavy atom. The quantitative estimate of drug-likeness (QED) is 0.777. The molecule has 0 N–H and O–H groups in total. The third-order valence-electron chi connectivity index (χ3n) is 3.61. The number of hydrogen-bond acceptors (Lipinski definition) is 5. The highest BCUT2D eigenvalue weighted by Gasteiger charge is 2.31. The van der Waals surface area contributed by atoms with Gasteiger partial charge < -0.3 is 4.90 Å². The summed E-state index contributed by atoms with van der Waals surface area (Å²) < 4.78 is 23.2. The summed E-state index contributed by atoms with van der Waals surface area (Å²) in [6, 6.07) is 1.65. The fourth-order valence-electron chi connectivity index (χ4n) is 2.43. The summed E-state index contributed by atoms with van der Waals surface area (Å²) in [6.45, 7) is 2.38. The number of nitrogens with zero attached hydrogens (tertiary/aromatic N) is 3. The lowest BCUT2D eigenvalue weighted by molar-refractivity contribution is 0.566. The molecule has 5 nitrogen and oxygen atoms in total. The monoisotopic (exact) mass is 301 g/mol. The smallest absolute Gasteiger partial charge is 0.154 e. The molecule has 0 bridgehead atoms. The van der Waals surface area contributed by atoms with Gasteiger partial charge in [0.05, 0.1) is 11.5 Å². The summed E-state index contributed by atoms with van der Waals surface area (Å²) in [7, 11) is -2.92. The lowest BCUT2D eigenvalue weighted by atomic mass is 10.3. The predicted molar refractivity (Wildman–Crippen MR) is 74.5 cm³/mol. The van der Waals surface area contributed by atoms with Gasteiger partial charge in [0, 0.05) is 24.6 Å². The van der Waals surface area contributed by atoms with Crippen LogP contribution in [0.2, 0.25) is 5.15 Å². The second-order valence-corrected chi connectivity index (χ2v) is 7.95. The fourth-order valence-corrected chi connectivity index (χ4v) is 4.17. The molecule has 7 heteroatoms. The lowest BCUT2D eigenvalue weighted by Crippen LogP contribution is -2.47. The first kappa shape index (κ1) is 13.1. The van der Waals surface area contributed by atoms with Crippen molar-refractivity contribution >= 4 is 27.3 Å². The minimum atomic E-state index is -2.92. The van der Waals surface area contributed by atoms with E-state index < -0.39 is 9.84 Å². The molecule has 1 aliphatic heterocycles. The van der Waals surface area contributed by atoms with Crippen LogP contribution in [0.1, 0.15) is 31.5 Å². The highest BCUT2D eigenvalue weighted by molar-refractivity contribution is 7.91. The van der Waals surface area contributed by atoms with Gasteiger partial charge in [0.15, 0.2) is 9.84 Å². The van der Waals surface area contributed by atoms with Crippen molar-refractivity contribution in [2.75, 3.05) is 23.0 Å². The second kappa shape index (κ2) is 4.59. The van der Waals surface area contributed by atoms with Crippen LogP contribution in [0.25, 0.3) is 0 Å². The van der Waals surface area contributed by atoms with Crippen LogP contribution in [0.15, 0.2) is 6.07 Å². The van der Waals surface area contributed by atoms with E-state index in [-0.39, 0.29) is 17.5 Å². The van der Waals surface area contributed by atoms with Crippen LogP contribution in [0, 0.1) is 0 Å². The van der Waals surface area contributed by atoms with Crippen LogP contribution in [0.4, 0.5) is 5.82 Å². The van der Waals surface area contributed by atoms with Crippen molar-refractivity contribution in [3.63, 3.8) is 0 Å². The summed E-state index contributed by atoms with van der Waals surface area (Å²) in [5.74, 6) is 2.33. The minimum Gasteiger partial charge on any atom is -0.352 e. The molecule has 2 aliphatic rings. The number of anilines is 1. The largest absolute Gasteiger partial charge is 0.352 e. The zero-order chi connectivity index (χ0) is 13.6. The van der Waals surface area contributed by atoms with Crippen LogP contribution in [0.3, 0.4) is 0 Å². The molecule has 2 fully saturated rings. The van der Waals surface area contributed by atoms with Crippen LogP contribution in [0.5, 0.6) is 0 Å². The molecule has 1 saturated heterocycles. The summed E-state index contributed by atoms with van der Waals surface area (Å²) >= 11 is 6.05. The Morgan fingerprint density at radius 2 is 2.11 bits per heavy atom. The van der Waals surface area contributed by atoms with Gasteiger partial charge in [-0.2, -0.15) is 0 Å². The van der Waals surface area contributed by atoms with Crippen molar-refractivity contribution in [1.29, 1.82) is 0 Å². The molecular formula is C12H16ClN3O2S. The van der Waals surface area contributed by atoms with Crippen molar-refractivity contribution in [1.82, 2.24) is 9.97 Å². The number of rotatable bonds is 2. The van der Waals surface area contributed by atoms with Crippen molar-refractivity contribution in [3.05, 3.63) is 17.0 Å². The van der Waals surface area contributed by atoms with Crippen LogP contribution in [-0.4, -0.2) is 42.5 Å². The molecule has 2 heterocycles. The number of aromatic nitrogens is 2. The first-order valence-electron chi connectivity index (χ1n) is 6.46. The van der Waals surface area contributed by atoms with E-state index >= 15 is 0 Å². The zero-order valence-electron chi connectivity index (χ0n) is 10.7. The Kier molecular flexibility index (Phi) is 3.17. The summed E-state index contributed by atoms with van der Waals surface area (Å²) in [4.78, 5) is 10.8. The van der Waals surface area contributed by atoms with Crippen molar-refractivity contribution in [2.45, 2.75) is 31.7 Å². The predicted octanol–water partition coefficient (Wildman–Crippen LogP) is 1.63. The Labute approximate surface area is 117 Å². The molecule has 3 rings (SSSR count). The maximum Gasteiger partial charge on any atom is 0.154 e. The van der Waals surface area contributed by atoms with Crippen molar-refractivity contribution in [2.24, 2.45) is 0 Å². The maximum absolute atomic E-state index is 11.6. The van der Waals surface area contributed by atoms with Gasteiger partial charge in [-0.3, -0.25) is 0 Å². The van der Waals surface area contributed by atoms with Gasteiger partial charge in [-0.1, -0.05) is 11.6 Å².